The van der Waals surface area contributed by atoms with Crippen molar-refractivity contribution in [2.75, 3.05) is 32.8 Å². The first-order valence-electron chi connectivity index (χ1n) is 9.41. The van der Waals surface area contributed by atoms with E-state index in [9.17, 15) is 4.79 Å². The summed E-state index contributed by atoms with van der Waals surface area (Å²) in [5, 5.41) is 3.43. The number of carbonyl (C=O) groups excluding carboxylic acids is 1. The summed E-state index contributed by atoms with van der Waals surface area (Å²) in [6.07, 6.45) is 5.35. The van der Waals surface area contributed by atoms with E-state index in [4.69, 9.17) is 4.74 Å². The molecule has 1 N–H and O–H groups in total. The minimum absolute atomic E-state index is 0.260. The van der Waals surface area contributed by atoms with Gasteiger partial charge in [0.25, 0.3) is 0 Å². The molecule has 24 heavy (non-hydrogen) atoms. The first-order chi connectivity index (χ1) is 11.8. The summed E-state index contributed by atoms with van der Waals surface area (Å²) in [6.45, 7) is 4.46. The zero-order valence-corrected chi connectivity index (χ0v) is 14.4. The van der Waals surface area contributed by atoms with Crippen LogP contribution in [0, 0.1) is 11.3 Å². The van der Waals surface area contributed by atoms with Crippen LogP contribution in [-0.4, -0.2) is 49.7 Å². The maximum atomic E-state index is 13.2. The fourth-order valence-electron chi connectivity index (χ4n) is 4.51. The molecule has 0 bridgehead atoms. The number of ether oxygens (including phenoxy) is 1. The van der Waals surface area contributed by atoms with Crippen LogP contribution >= 0.6 is 0 Å². The zero-order chi connectivity index (χ0) is 16.4. The molecule has 2 atom stereocenters. The molecule has 4 heteroatoms. The second-order valence-corrected chi connectivity index (χ2v) is 7.65. The van der Waals surface area contributed by atoms with Crippen LogP contribution in [0.5, 0.6) is 0 Å². The summed E-state index contributed by atoms with van der Waals surface area (Å²) >= 11 is 0. The third-order valence-corrected chi connectivity index (χ3v) is 6.20. The van der Waals surface area contributed by atoms with Gasteiger partial charge in [0.15, 0.2) is 0 Å². The van der Waals surface area contributed by atoms with E-state index >= 15 is 0 Å². The highest BCUT2D eigenvalue weighted by atomic mass is 16.5. The van der Waals surface area contributed by atoms with Crippen LogP contribution in [0.1, 0.15) is 31.2 Å². The summed E-state index contributed by atoms with van der Waals surface area (Å²) < 4.78 is 5.57. The Morgan fingerprint density at radius 2 is 2.04 bits per heavy atom. The van der Waals surface area contributed by atoms with Crippen LogP contribution in [0.15, 0.2) is 30.3 Å². The molecule has 1 aromatic rings. The Hall–Kier alpha value is -1.39. The quantitative estimate of drug-likeness (QED) is 0.901. The van der Waals surface area contributed by atoms with Gasteiger partial charge in [0.2, 0.25) is 5.91 Å². The molecule has 3 aliphatic rings. The Labute approximate surface area is 144 Å². The van der Waals surface area contributed by atoms with Crippen molar-refractivity contribution < 1.29 is 9.53 Å². The SMILES string of the molecule is O=C(C1CC12CCNCC2)N(CCc1ccccc1)C1CCOC1. The second kappa shape index (κ2) is 6.85. The van der Waals surface area contributed by atoms with Crippen molar-refractivity contribution in [2.24, 2.45) is 11.3 Å². The molecule has 1 saturated carbocycles. The lowest BCUT2D eigenvalue weighted by atomic mass is 9.91. The van der Waals surface area contributed by atoms with E-state index in [1.165, 1.54) is 5.56 Å². The van der Waals surface area contributed by atoms with Crippen LogP contribution in [0.25, 0.3) is 0 Å². The molecule has 2 saturated heterocycles. The highest BCUT2D eigenvalue weighted by Crippen LogP contribution is 2.59. The molecule has 4 rings (SSSR count). The molecular weight excluding hydrogens is 300 g/mol. The minimum Gasteiger partial charge on any atom is -0.379 e. The molecule has 2 heterocycles. The van der Waals surface area contributed by atoms with Crippen molar-refractivity contribution in [3.63, 3.8) is 0 Å². The van der Waals surface area contributed by atoms with Crippen LogP contribution in [-0.2, 0) is 16.0 Å². The number of carbonyl (C=O) groups is 1. The molecule has 2 aliphatic heterocycles. The lowest BCUT2D eigenvalue weighted by molar-refractivity contribution is -0.136. The summed E-state index contributed by atoms with van der Waals surface area (Å²) in [4.78, 5) is 15.4. The van der Waals surface area contributed by atoms with Gasteiger partial charge in [-0.2, -0.15) is 0 Å². The van der Waals surface area contributed by atoms with Gasteiger partial charge in [-0.1, -0.05) is 30.3 Å². The van der Waals surface area contributed by atoms with E-state index in [0.717, 1.165) is 58.3 Å². The molecule has 4 nitrogen and oxygen atoms in total. The van der Waals surface area contributed by atoms with E-state index < -0.39 is 0 Å². The maximum Gasteiger partial charge on any atom is 0.226 e. The predicted octanol–water partition coefficient (Wildman–Crippen LogP) is 2.24. The van der Waals surface area contributed by atoms with Gasteiger partial charge in [0.1, 0.15) is 0 Å². The summed E-state index contributed by atoms with van der Waals surface area (Å²) in [5.74, 6) is 0.652. The molecule has 1 aromatic carbocycles. The van der Waals surface area contributed by atoms with E-state index in [1.807, 2.05) is 6.07 Å². The largest absolute Gasteiger partial charge is 0.379 e. The molecule has 1 spiro atoms. The Balaban J connectivity index is 1.43. The van der Waals surface area contributed by atoms with Gasteiger partial charge in [-0.25, -0.2) is 0 Å². The monoisotopic (exact) mass is 328 g/mol. The number of hydrogen-bond acceptors (Lipinski definition) is 3. The first-order valence-corrected chi connectivity index (χ1v) is 9.41. The van der Waals surface area contributed by atoms with Crippen LogP contribution in [0.3, 0.4) is 0 Å². The molecule has 130 valence electrons. The first kappa shape index (κ1) is 16.1. The van der Waals surface area contributed by atoms with Crippen molar-refractivity contribution in [2.45, 2.75) is 38.1 Å². The van der Waals surface area contributed by atoms with Gasteiger partial charge in [0.05, 0.1) is 12.6 Å². The van der Waals surface area contributed by atoms with Gasteiger partial charge >= 0.3 is 0 Å². The number of amides is 1. The lowest BCUT2D eigenvalue weighted by Crippen LogP contribution is -2.44. The number of rotatable bonds is 5. The number of nitrogens with zero attached hydrogens (tertiary/aromatic N) is 1. The van der Waals surface area contributed by atoms with Crippen molar-refractivity contribution in [1.29, 1.82) is 0 Å². The van der Waals surface area contributed by atoms with Gasteiger partial charge in [-0.05, 0) is 56.2 Å². The minimum atomic E-state index is 0.260. The topological polar surface area (TPSA) is 41.6 Å². The Kier molecular flexibility index (Phi) is 4.59. The number of benzene rings is 1. The Morgan fingerprint density at radius 3 is 2.75 bits per heavy atom. The molecule has 3 fully saturated rings. The Morgan fingerprint density at radius 1 is 1.25 bits per heavy atom. The van der Waals surface area contributed by atoms with Crippen molar-refractivity contribution in [3.8, 4) is 0 Å². The van der Waals surface area contributed by atoms with Crippen LogP contribution in [0.2, 0.25) is 0 Å². The van der Waals surface area contributed by atoms with Crippen molar-refractivity contribution in [1.82, 2.24) is 10.2 Å². The molecule has 2 unspecified atom stereocenters. The predicted molar refractivity (Wildman–Crippen MR) is 93.7 cm³/mol. The number of nitrogens with one attached hydrogen (secondary N) is 1. The van der Waals surface area contributed by atoms with Gasteiger partial charge < -0.3 is 15.0 Å². The lowest BCUT2D eigenvalue weighted by Gasteiger charge is -2.30. The summed E-state index contributed by atoms with van der Waals surface area (Å²) in [5.41, 5.74) is 1.62. The van der Waals surface area contributed by atoms with E-state index in [-0.39, 0.29) is 12.0 Å². The highest BCUT2D eigenvalue weighted by molar-refractivity contribution is 5.83. The Bertz CT molecular complexity index is 562. The molecule has 1 aliphatic carbocycles. The average Bonchev–Trinajstić information content (AvgIpc) is 3.06. The third kappa shape index (κ3) is 3.22. The standard InChI is InChI=1S/C20H28N2O2/c23-19(18-14-20(18)8-10-21-11-9-20)22(17-7-13-24-15-17)12-6-16-4-2-1-3-5-16/h1-5,17-18,21H,6-15H2. The fourth-order valence-corrected chi connectivity index (χ4v) is 4.51. The molecular formula is C20H28N2O2. The van der Waals surface area contributed by atoms with E-state index in [0.29, 0.717) is 17.9 Å². The number of piperidine rings is 1. The third-order valence-electron chi connectivity index (χ3n) is 6.20. The maximum absolute atomic E-state index is 13.2. The molecule has 1 amide bonds. The normalized spacial score (nSPS) is 28.0. The second-order valence-electron chi connectivity index (χ2n) is 7.65. The highest BCUT2D eigenvalue weighted by Gasteiger charge is 2.59. The number of hydrogen-bond donors (Lipinski definition) is 1. The van der Waals surface area contributed by atoms with Gasteiger partial charge in [-0.3, -0.25) is 4.79 Å². The summed E-state index contributed by atoms with van der Waals surface area (Å²) in [7, 11) is 0. The zero-order valence-electron chi connectivity index (χ0n) is 14.4. The van der Waals surface area contributed by atoms with Crippen molar-refractivity contribution in [3.05, 3.63) is 35.9 Å². The van der Waals surface area contributed by atoms with Crippen LogP contribution < -0.4 is 5.32 Å². The molecule has 0 radical (unpaired) electrons. The van der Waals surface area contributed by atoms with E-state index in [1.54, 1.807) is 0 Å². The van der Waals surface area contributed by atoms with E-state index in [2.05, 4.69) is 34.5 Å². The van der Waals surface area contributed by atoms with Gasteiger partial charge in [-0.15, -0.1) is 0 Å². The van der Waals surface area contributed by atoms with Crippen LogP contribution in [0.4, 0.5) is 0 Å². The van der Waals surface area contributed by atoms with Gasteiger partial charge in [0, 0.05) is 19.1 Å². The molecule has 0 aromatic heterocycles. The van der Waals surface area contributed by atoms with Crippen molar-refractivity contribution >= 4 is 5.91 Å². The fraction of sp³-hybridized carbons (Fsp3) is 0.650. The summed E-state index contributed by atoms with van der Waals surface area (Å²) in [6, 6.07) is 10.8. The smallest absolute Gasteiger partial charge is 0.226 e. The average molecular weight is 328 g/mol.